The molecular weight excluding hydrogens is 258 g/mol. The van der Waals surface area contributed by atoms with Gasteiger partial charge in [-0.25, -0.2) is 0 Å². The van der Waals surface area contributed by atoms with Gasteiger partial charge in [-0.1, -0.05) is 30.3 Å². The molecule has 0 atom stereocenters. The molecule has 106 valence electrons. The molecule has 0 radical (unpaired) electrons. The fourth-order valence-corrected chi connectivity index (χ4v) is 2.88. The van der Waals surface area contributed by atoms with Crippen LogP contribution in [0.4, 0.5) is 11.4 Å². The maximum absolute atomic E-state index is 9.29. The summed E-state index contributed by atoms with van der Waals surface area (Å²) in [4.78, 5) is 0. The molecule has 0 saturated carbocycles. The van der Waals surface area contributed by atoms with E-state index in [1.165, 1.54) is 23.2 Å². The monoisotopic (exact) mass is 277 g/mol. The Kier molecular flexibility index (Phi) is 3.79. The van der Waals surface area contributed by atoms with E-state index in [1.807, 2.05) is 25.1 Å². The van der Waals surface area contributed by atoms with E-state index in [1.54, 1.807) is 0 Å². The predicted molar refractivity (Wildman–Crippen MR) is 86.5 cm³/mol. The van der Waals surface area contributed by atoms with E-state index in [0.29, 0.717) is 0 Å². The Morgan fingerprint density at radius 3 is 2.95 bits per heavy atom. The minimum atomic E-state index is 0.730. The number of hydrogen-bond acceptors (Lipinski definition) is 3. The molecular formula is C18H19N3. The highest BCUT2D eigenvalue weighted by Gasteiger charge is 2.12. The van der Waals surface area contributed by atoms with Gasteiger partial charge in [0.05, 0.1) is 11.3 Å². The van der Waals surface area contributed by atoms with Crippen LogP contribution in [0.3, 0.4) is 0 Å². The second-order valence-corrected chi connectivity index (χ2v) is 5.44. The summed E-state index contributed by atoms with van der Waals surface area (Å²) in [6.45, 7) is 3.74. The van der Waals surface area contributed by atoms with Gasteiger partial charge >= 0.3 is 0 Å². The van der Waals surface area contributed by atoms with Gasteiger partial charge in [0, 0.05) is 18.8 Å². The molecule has 1 heterocycles. The molecule has 3 nitrogen and oxygen atoms in total. The van der Waals surface area contributed by atoms with E-state index < -0.39 is 0 Å². The van der Waals surface area contributed by atoms with Crippen molar-refractivity contribution in [2.75, 3.05) is 17.2 Å². The molecule has 0 unspecified atom stereocenters. The second kappa shape index (κ2) is 5.88. The van der Waals surface area contributed by atoms with E-state index in [4.69, 9.17) is 0 Å². The van der Waals surface area contributed by atoms with E-state index in [-0.39, 0.29) is 0 Å². The fraction of sp³-hybridized carbons (Fsp3) is 0.278. The third-order valence-electron chi connectivity index (χ3n) is 4.02. The molecule has 0 spiro atoms. The van der Waals surface area contributed by atoms with Crippen molar-refractivity contribution in [2.45, 2.75) is 26.3 Å². The minimum absolute atomic E-state index is 0.730. The number of anilines is 2. The molecule has 2 N–H and O–H groups in total. The van der Waals surface area contributed by atoms with Gasteiger partial charge in [-0.15, -0.1) is 0 Å². The molecule has 0 amide bonds. The molecule has 2 aromatic carbocycles. The zero-order valence-electron chi connectivity index (χ0n) is 12.2. The van der Waals surface area contributed by atoms with Gasteiger partial charge in [-0.3, -0.25) is 0 Å². The van der Waals surface area contributed by atoms with Crippen LogP contribution in [-0.4, -0.2) is 6.54 Å². The van der Waals surface area contributed by atoms with Crippen LogP contribution in [0.15, 0.2) is 36.4 Å². The topological polar surface area (TPSA) is 47.8 Å². The largest absolute Gasteiger partial charge is 0.385 e. The lowest BCUT2D eigenvalue weighted by Crippen LogP contribution is -2.15. The SMILES string of the molecule is Cc1cccc(NCc2cccc3c2NCCC3)c1C#N. The van der Waals surface area contributed by atoms with Crippen LogP contribution in [0.2, 0.25) is 0 Å². The van der Waals surface area contributed by atoms with Crippen molar-refractivity contribution >= 4 is 11.4 Å². The molecule has 0 aromatic heterocycles. The number of fused-ring (bicyclic) bond motifs is 1. The van der Waals surface area contributed by atoms with Crippen LogP contribution in [0.1, 0.15) is 28.7 Å². The number of para-hydroxylation sites is 1. The molecule has 21 heavy (non-hydrogen) atoms. The Morgan fingerprint density at radius 2 is 2.10 bits per heavy atom. The molecule has 1 aliphatic heterocycles. The summed E-state index contributed by atoms with van der Waals surface area (Å²) >= 11 is 0. The summed E-state index contributed by atoms with van der Waals surface area (Å²) in [7, 11) is 0. The van der Waals surface area contributed by atoms with E-state index >= 15 is 0 Å². The van der Waals surface area contributed by atoms with Crippen LogP contribution >= 0.6 is 0 Å². The highest BCUT2D eigenvalue weighted by molar-refractivity contribution is 5.63. The van der Waals surface area contributed by atoms with Gasteiger partial charge in [0.1, 0.15) is 6.07 Å². The highest BCUT2D eigenvalue weighted by atomic mass is 14.9. The van der Waals surface area contributed by atoms with Gasteiger partial charge < -0.3 is 10.6 Å². The molecule has 0 saturated heterocycles. The average Bonchev–Trinajstić information content (AvgIpc) is 2.53. The molecule has 3 heteroatoms. The first-order valence-corrected chi connectivity index (χ1v) is 7.38. The lowest BCUT2D eigenvalue weighted by Gasteiger charge is -2.21. The first-order valence-electron chi connectivity index (χ1n) is 7.38. The Hall–Kier alpha value is -2.47. The quantitative estimate of drug-likeness (QED) is 0.896. The molecule has 1 aliphatic rings. The van der Waals surface area contributed by atoms with Crippen LogP contribution in [0, 0.1) is 18.3 Å². The van der Waals surface area contributed by atoms with Crippen molar-refractivity contribution in [3.8, 4) is 6.07 Å². The van der Waals surface area contributed by atoms with Crippen LogP contribution < -0.4 is 10.6 Å². The second-order valence-electron chi connectivity index (χ2n) is 5.44. The Morgan fingerprint density at radius 1 is 1.24 bits per heavy atom. The zero-order chi connectivity index (χ0) is 14.7. The maximum atomic E-state index is 9.29. The van der Waals surface area contributed by atoms with Gasteiger partial charge in [-0.2, -0.15) is 5.26 Å². The van der Waals surface area contributed by atoms with Crippen LogP contribution in [0.25, 0.3) is 0 Å². The Balaban J connectivity index is 1.83. The molecule has 0 aliphatic carbocycles. The smallest absolute Gasteiger partial charge is 0.102 e. The van der Waals surface area contributed by atoms with Gasteiger partial charge in [0.2, 0.25) is 0 Å². The third kappa shape index (κ3) is 2.71. The van der Waals surface area contributed by atoms with Gasteiger partial charge in [0.25, 0.3) is 0 Å². The lowest BCUT2D eigenvalue weighted by atomic mass is 9.99. The standard InChI is InChI=1S/C18H19N3/c1-13-5-2-9-17(16(13)11-19)21-12-15-7-3-6-14-8-4-10-20-18(14)15/h2-3,5-7,9,20-21H,4,8,10,12H2,1H3. The number of aryl methyl sites for hydroxylation is 2. The highest BCUT2D eigenvalue weighted by Crippen LogP contribution is 2.27. The predicted octanol–water partition coefficient (Wildman–Crippen LogP) is 3.84. The maximum Gasteiger partial charge on any atom is 0.102 e. The summed E-state index contributed by atoms with van der Waals surface area (Å²) in [6, 6.07) is 14.7. The van der Waals surface area contributed by atoms with Crippen molar-refractivity contribution in [2.24, 2.45) is 0 Å². The number of rotatable bonds is 3. The molecule has 0 fully saturated rings. The van der Waals surface area contributed by atoms with Crippen molar-refractivity contribution < 1.29 is 0 Å². The summed E-state index contributed by atoms with van der Waals surface area (Å²) in [5, 5.41) is 16.2. The van der Waals surface area contributed by atoms with Crippen molar-refractivity contribution in [3.63, 3.8) is 0 Å². The van der Waals surface area contributed by atoms with E-state index in [9.17, 15) is 5.26 Å². The number of nitriles is 1. The normalized spacial score (nSPS) is 13.0. The fourth-order valence-electron chi connectivity index (χ4n) is 2.88. The minimum Gasteiger partial charge on any atom is -0.385 e. The van der Waals surface area contributed by atoms with E-state index in [2.05, 4.69) is 34.9 Å². The van der Waals surface area contributed by atoms with Gasteiger partial charge in [0.15, 0.2) is 0 Å². The molecule has 2 aromatic rings. The Bertz CT molecular complexity index is 698. The van der Waals surface area contributed by atoms with E-state index in [0.717, 1.165) is 36.3 Å². The number of nitrogens with one attached hydrogen (secondary N) is 2. The molecule has 0 bridgehead atoms. The lowest BCUT2D eigenvalue weighted by molar-refractivity contribution is 0.825. The summed E-state index contributed by atoms with van der Waals surface area (Å²) < 4.78 is 0. The van der Waals surface area contributed by atoms with Crippen LogP contribution in [-0.2, 0) is 13.0 Å². The van der Waals surface area contributed by atoms with Crippen molar-refractivity contribution in [1.82, 2.24) is 0 Å². The third-order valence-corrected chi connectivity index (χ3v) is 4.02. The first kappa shape index (κ1) is 13.5. The number of hydrogen-bond donors (Lipinski definition) is 2. The number of benzene rings is 2. The summed E-state index contributed by atoms with van der Waals surface area (Å²) in [5.41, 5.74) is 6.57. The summed E-state index contributed by atoms with van der Waals surface area (Å²) in [6.07, 6.45) is 2.34. The van der Waals surface area contributed by atoms with Crippen molar-refractivity contribution in [1.29, 1.82) is 5.26 Å². The van der Waals surface area contributed by atoms with Crippen molar-refractivity contribution in [3.05, 3.63) is 58.7 Å². The van der Waals surface area contributed by atoms with Gasteiger partial charge in [-0.05, 0) is 42.5 Å². The average molecular weight is 277 g/mol. The molecule has 3 rings (SSSR count). The number of nitrogens with zero attached hydrogens (tertiary/aromatic N) is 1. The first-order chi connectivity index (χ1) is 10.3. The Labute approximate surface area is 125 Å². The zero-order valence-corrected chi connectivity index (χ0v) is 12.2. The summed E-state index contributed by atoms with van der Waals surface area (Å²) in [5.74, 6) is 0. The van der Waals surface area contributed by atoms with Crippen LogP contribution in [0.5, 0.6) is 0 Å².